The average molecular weight is 393 g/mol. The minimum Gasteiger partial charge on any atom is -0.488 e. The third-order valence-electron chi connectivity index (χ3n) is 4.10. The molecular formula is C23H21ClN2O2. The summed E-state index contributed by atoms with van der Waals surface area (Å²) < 4.78 is 5.88. The summed E-state index contributed by atoms with van der Waals surface area (Å²) in [6.07, 6.45) is 1.87. The fourth-order valence-electron chi connectivity index (χ4n) is 2.57. The molecular weight excluding hydrogens is 372 g/mol. The molecule has 0 spiro atoms. The molecule has 0 unspecified atom stereocenters. The molecule has 0 bridgehead atoms. The summed E-state index contributed by atoms with van der Waals surface area (Å²) in [7, 11) is 0. The van der Waals surface area contributed by atoms with Crippen LogP contribution in [0.5, 0.6) is 5.75 Å². The van der Waals surface area contributed by atoms with E-state index in [1.165, 1.54) is 0 Å². The quantitative estimate of drug-likeness (QED) is 0.458. The first kappa shape index (κ1) is 19.6. The summed E-state index contributed by atoms with van der Waals surface area (Å²) in [4.78, 5) is 12.0. The van der Waals surface area contributed by atoms with E-state index in [0.29, 0.717) is 17.4 Å². The summed E-state index contributed by atoms with van der Waals surface area (Å²) in [5.41, 5.74) is 6.48. The number of hydrogen-bond donors (Lipinski definition) is 1. The van der Waals surface area contributed by atoms with E-state index < -0.39 is 0 Å². The molecule has 1 amide bonds. The zero-order valence-corrected chi connectivity index (χ0v) is 16.3. The number of hydrogen-bond acceptors (Lipinski definition) is 3. The van der Waals surface area contributed by atoms with E-state index in [2.05, 4.69) is 10.5 Å². The number of carbonyl (C=O) groups is 1. The molecule has 4 nitrogen and oxygen atoms in total. The van der Waals surface area contributed by atoms with Gasteiger partial charge in [-0.2, -0.15) is 5.10 Å². The van der Waals surface area contributed by atoms with E-state index in [-0.39, 0.29) is 12.3 Å². The van der Waals surface area contributed by atoms with Gasteiger partial charge in [0.05, 0.1) is 12.6 Å². The van der Waals surface area contributed by atoms with Crippen LogP contribution in [0.15, 0.2) is 77.9 Å². The van der Waals surface area contributed by atoms with Crippen molar-refractivity contribution in [2.75, 3.05) is 0 Å². The molecule has 28 heavy (non-hydrogen) atoms. The number of aryl methyl sites for hydroxylation is 1. The number of para-hydroxylation sites is 1. The highest BCUT2D eigenvalue weighted by atomic mass is 35.5. The van der Waals surface area contributed by atoms with Crippen LogP contribution < -0.4 is 10.2 Å². The lowest BCUT2D eigenvalue weighted by atomic mass is 10.1. The number of benzene rings is 3. The van der Waals surface area contributed by atoms with Crippen molar-refractivity contribution in [1.29, 1.82) is 0 Å². The molecule has 0 atom stereocenters. The van der Waals surface area contributed by atoms with E-state index in [0.717, 1.165) is 22.3 Å². The first-order chi connectivity index (χ1) is 13.6. The van der Waals surface area contributed by atoms with E-state index in [4.69, 9.17) is 16.3 Å². The number of nitrogens with zero attached hydrogens (tertiary/aromatic N) is 1. The zero-order chi connectivity index (χ0) is 19.8. The van der Waals surface area contributed by atoms with Gasteiger partial charge in [0.2, 0.25) is 5.91 Å². The number of nitrogens with one attached hydrogen (secondary N) is 1. The van der Waals surface area contributed by atoms with Crippen LogP contribution in [-0.4, -0.2) is 12.1 Å². The summed E-state index contributed by atoms with van der Waals surface area (Å²) in [6.45, 7) is 2.43. The number of carbonyl (C=O) groups excluding carboxylic acids is 1. The van der Waals surface area contributed by atoms with E-state index >= 15 is 0 Å². The lowest BCUT2D eigenvalue weighted by molar-refractivity contribution is -0.120. The molecule has 3 aromatic rings. The molecule has 0 aliphatic carbocycles. The second-order valence-corrected chi connectivity index (χ2v) is 6.84. The minimum atomic E-state index is -0.167. The van der Waals surface area contributed by atoms with Crippen LogP contribution in [0.25, 0.3) is 0 Å². The Bertz CT molecular complexity index is 951. The fraction of sp³-hybridized carbons (Fsp3) is 0.130. The zero-order valence-electron chi connectivity index (χ0n) is 15.6. The summed E-state index contributed by atoms with van der Waals surface area (Å²) in [6, 6.07) is 22.9. The van der Waals surface area contributed by atoms with E-state index in [9.17, 15) is 4.79 Å². The molecule has 0 fully saturated rings. The standard InChI is InChI=1S/C23H21ClN2O2/c1-17-6-8-18(9-7-17)14-23(27)26-25-15-20-4-2-3-5-22(20)28-16-19-10-12-21(24)13-11-19/h2-13,15H,14,16H2,1H3,(H,26,27). The number of hydrazone groups is 1. The first-order valence-corrected chi connectivity index (χ1v) is 9.32. The first-order valence-electron chi connectivity index (χ1n) is 8.94. The molecule has 5 heteroatoms. The van der Waals surface area contributed by atoms with Crippen molar-refractivity contribution in [2.45, 2.75) is 20.0 Å². The van der Waals surface area contributed by atoms with Gasteiger partial charge >= 0.3 is 0 Å². The predicted octanol–water partition coefficient (Wildman–Crippen LogP) is 4.92. The van der Waals surface area contributed by atoms with Crippen molar-refractivity contribution >= 4 is 23.7 Å². The topological polar surface area (TPSA) is 50.7 Å². The average Bonchev–Trinajstić information content (AvgIpc) is 2.70. The third-order valence-corrected chi connectivity index (χ3v) is 4.36. The molecule has 0 aliphatic heterocycles. The Hall–Kier alpha value is -3.11. The van der Waals surface area contributed by atoms with Crippen LogP contribution in [0.2, 0.25) is 5.02 Å². The summed E-state index contributed by atoms with van der Waals surface area (Å²) in [5, 5.41) is 4.75. The number of amides is 1. The van der Waals surface area contributed by atoms with Gasteiger partial charge in [0.15, 0.2) is 0 Å². The second-order valence-electron chi connectivity index (χ2n) is 6.41. The van der Waals surface area contributed by atoms with Gasteiger partial charge in [-0.15, -0.1) is 0 Å². The molecule has 0 aromatic heterocycles. The highest BCUT2D eigenvalue weighted by molar-refractivity contribution is 6.30. The fourth-order valence-corrected chi connectivity index (χ4v) is 2.69. The molecule has 0 saturated heterocycles. The predicted molar refractivity (Wildman–Crippen MR) is 113 cm³/mol. The maximum absolute atomic E-state index is 12.0. The van der Waals surface area contributed by atoms with E-state index in [1.54, 1.807) is 6.21 Å². The number of ether oxygens (including phenoxy) is 1. The maximum atomic E-state index is 12.0. The lowest BCUT2D eigenvalue weighted by Gasteiger charge is -2.09. The van der Waals surface area contributed by atoms with Crippen LogP contribution in [0.1, 0.15) is 22.3 Å². The van der Waals surface area contributed by atoms with Crippen LogP contribution in [0, 0.1) is 6.92 Å². The Balaban J connectivity index is 1.56. The largest absolute Gasteiger partial charge is 0.488 e. The highest BCUT2D eigenvalue weighted by Gasteiger charge is 2.04. The summed E-state index contributed by atoms with van der Waals surface area (Å²) in [5.74, 6) is 0.522. The van der Waals surface area contributed by atoms with Crippen molar-refractivity contribution in [2.24, 2.45) is 5.10 Å². The van der Waals surface area contributed by atoms with Crippen LogP contribution >= 0.6 is 11.6 Å². The van der Waals surface area contributed by atoms with Crippen LogP contribution in [0.3, 0.4) is 0 Å². The molecule has 0 aliphatic rings. The Morgan fingerprint density at radius 3 is 2.43 bits per heavy atom. The molecule has 142 valence electrons. The van der Waals surface area contributed by atoms with Gasteiger partial charge in [-0.25, -0.2) is 5.43 Å². The minimum absolute atomic E-state index is 0.167. The molecule has 3 aromatic carbocycles. The van der Waals surface area contributed by atoms with E-state index in [1.807, 2.05) is 79.7 Å². The Morgan fingerprint density at radius 2 is 1.68 bits per heavy atom. The lowest BCUT2D eigenvalue weighted by Crippen LogP contribution is -2.19. The maximum Gasteiger partial charge on any atom is 0.244 e. The van der Waals surface area contributed by atoms with Gasteiger partial charge in [0.25, 0.3) is 0 Å². The van der Waals surface area contributed by atoms with Gasteiger partial charge in [-0.3, -0.25) is 4.79 Å². The molecule has 0 saturated carbocycles. The van der Waals surface area contributed by atoms with Gasteiger partial charge in [0, 0.05) is 10.6 Å². The van der Waals surface area contributed by atoms with Gasteiger partial charge < -0.3 is 4.74 Å². The van der Waals surface area contributed by atoms with Crippen molar-refractivity contribution in [1.82, 2.24) is 5.43 Å². The number of halogens is 1. The molecule has 3 rings (SSSR count). The molecule has 1 N–H and O–H groups in total. The van der Waals surface area contributed by atoms with Crippen molar-refractivity contribution in [3.8, 4) is 5.75 Å². The smallest absolute Gasteiger partial charge is 0.244 e. The van der Waals surface area contributed by atoms with Crippen molar-refractivity contribution in [3.05, 3.63) is 100 Å². The van der Waals surface area contributed by atoms with Gasteiger partial charge in [0.1, 0.15) is 12.4 Å². The van der Waals surface area contributed by atoms with Crippen LogP contribution in [0.4, 0.5) is 0 Å². The van der Waals surface area contributed by atoms with Crippen LogP contribution in [-0.2, 0) is 17.8 Å². The Morgan fingerprint density at radius 1 is 1.00 bits per heavy atom. The van der Waals surface area contributed by atoms with Gasteiger partial charge in [-0.05, 0) is 42.3 Å². The normalized spacial score (nSPS) is 10.8. The third kappa shape index (κ3) is 5.96. The summed E-state index contributed by atoms with van der Waals surface area (Å²) >= 11 is 5.90. The second kappa shape index (κ2) is 9.72. The Kier molecular flexibility index (Phi) is 6.82. The van der Waals surface area contributed by atoms with Crippen molar-refractivity contribution < 1.29 is 9.53 Å². The molecule has 0 heterocycles. The van der Waals surface area contributed by atoms with Crippen molar-refractivity contribution in [3.63, 3.8) is 0 Å². The highest BCUT2D eigenvalue weighted by Crippen LogP contribution is 2.18. The monoisotopic (exact) mass is 392 g/mol. The Labute approximate surface area is 169 Å². The van der Waals surface area contributed by atoms with Gasteiger partial charge in [-0.1, -0.05) is 65.7 Å². The molecule has 0 radical (unpaired) electrons. The number of rotatable bonds is 7. The SMILES string of the molecule is Cc1ccc(CC(=O)NN=Cc2ccccc2OCc2ccc(Cl)cc2)cc1.